The maximum atomic E-state index is 12.5. The van der Waals surface area contributed by atoms with Crippen LogP contribution in [0.25, 0.3) is 22.4 Å². The largest absolute Gasteiger partial charge is 0.338 e. The molecule has 1 aromatic carbocycles. The maximum Gasteiger partial charge on any atom is 0.235 e. The van der Waals surface area contributed by atoms with Gasteiger partial charge in [0.1, 0.15) is 16.9 Å². The molecule has 33 heavy (non-hydrogen) atoms. The molecular weight excluding hydrogens is 450 g/mol. The third-order valence-electron chi connectivity index (χ3n) is 5.99. The number of aryl methyl sites for hydroxylation is 3. The second-order valence-corrected chi connectivity index (χ2v) is 10.4. The Morgan fingerprint density at radius 2 is 2.06 bits per heavy atom. The molecule has 5 rings (SSSR count). The minimum Gasteiger partial charge on any atom is -0.338 e. The predicted molar refractivity (Wildman–Crippen MR) is 134 cm³/mol. The first-order chi connectivity index (χ1) is 16.0. The molecule has 0 bridgehead atoms. The lowest BCUT2D eigenvalue weighted by molar-refractivity contribution is -0.113. The Labute approximate surface area is 200 Å². The van der Waals surface area contributed by atoms with Gasteiger partial charge in [0.25, 0.3) is 0 Å². The van der Waals surface area contributed by atoms with E-state index in [0.717, 1.165) is 58.7 Å². The van der Waals surface area contributed by atoms with E-state index in [-0.39, 0.29) is 11.7 Å². The third kappa shape index (κ3) is 4.39. The molecule has 0 radical (unpaired) electrons. The van der Waals surface area contributed by atoms with Crippen molar-refractivity contribution in [3.63, 3.8) is 0 Å². The van der Waals surface area contributed by atoms with Crippen molar-refractivity contribution in [2.24, 2.45) is 0 Å². The van der Waals surface area contributed by atoms with E-state index in [1.165, 1.54) is 27.8 Å². The average Bonchev–Trinajstić information content (AvgIpc) is 3.38. The summed E-state index contributed by atoms with van der Waals surface area (Å²) in [5.41, 5.74) is 7.07. The Kier molecular flexibility index (Phi) is 5.92. The molecule has 0 unspecified atom stereocenters. The molecule has 8 heteroatoms. The van der Waals surface area contributed by atoms with Crippen molar-refractivity contribution in [3.8, 4) is 17.5 Å². The SMILES string of the molecule is Cc1cc2nc(-c3ccc(SCC(=O)Nc4sc5c(c4C#N)CCCC5)nc3)[nH]c2cc1C. The van der Waals surface area contributed by atoms with Crippen LogP contribution in [0.2, 0.25) is 0 Å². The van der Waals surface area contributed by atoms with Gasteiger partial charge >= 0.3 is 0 Å². The molecule has 0 fully saturated rings. The summed E-state index contributed by atoms with van der Waals surface area (Å²) < 4.78 is 0. The van der Waals surface area contributed by atoms with Gasteiger partial charge in [-0.2, -0.15) is 5.26 Å². The fourth-order valence-corrected chi connectivity index (χ4v) is 5.98. The number of aromatic nitrogens is 3. The van der Waals surface area contributed by atoms with Crippen LogP contribution >= 0.6 is 23.1 Å². The molecule has 0 atom stereocenters. The number of imidazole rings is 1. The number of carbonyl (C=O) groups is 1. The molecule has 3 aromatic heterocycles. The van der Waals surface area contributed by atoms with E-state index in [4.69, 9.17) is 0 Å². The number of thiophene rings is 1. The highest BCUT2D eigenvalue weighted by Gasteiger charge is 2.21. The second kappa shape index (κ2) is 9.00. The van der Waals surface area contributed by atoms with Gasteiger partial charge < -0.3 is 10.3 Å². The van der Waals surface area contributed by atoms with Gasteiger partial charge in [-0.1, -0.05) is 11.8 Å². The number of nitrogens with one attached hydrogen (secondary N) is 2. The average molecular weight is 474 g/mol. The zero-order valence-corrected chi connectivity index (χ0v) is 20.1. The van der Waals surface area contributed by atoms with E-state index in [0.29, 0.717) is 10.6 Å². The molecule has 3 heterocycles. The fourth-order valence-electron chi connectivity index (χ4n) is 4.09. The number of benzene rings is 1. The number of H-pyrrole nitrogens is 1. The molecule has 0 saturated heterocycles. The van der Waals surface area contributed by atoms with E-state index in [1.807, 2.05) is 12.1 Å². The summed E-state index contributed by atoms with van der Waals surface area (Å²) in [6, 6.07) is 10.4. The van der Waals surface area contributed by atoms with Crippen LogP contribution in [-0.4, -0.2) is 26.6 Å². The van der Waals surface area contributed by atoms with Crippen LogP contribution in [-0.2, 0) is 17.6 Å². The first-order valence-electron chi connectivity index (χ1n) is 10.9. The van der Waals surface area contributed by atoms with Crippen molar-refractivity contribution in [1.82, 2.24) is 15.0 Å². The molecule has 166 valence electrons. The number of nitriles is 1. The summed E-state index contributed by atoms with van der Waals surface area (Å²) in [7, 11) is 0. The topological polar surface area (TPSA) is 94.5 Å². The first kappa shape index (κ1) is 21.7. The van der Waals surface area contributed by atoms with Gasteiger partial charge in [0.05, 0.1) is 27.4 Å². The number of hydrogen-bond donors (Lipinski definition) is 2. The van der Waals surface area contributed by atoms with Crippen LogP contribution in [0, 0.1) is 25.2 Å². The van der Waals surface area contributed by atoms with Crippen molar-refractivity contribution in [3.05, 3.63) is 57.6 Å². The van der Waals surface area contributed by atoms with Crippen molar-refractivity contribution in [2.45, 2.75) is 44.6 Å². The van der Waals surface area contributed by atoms with E-state index in [1.54, 1.807) is 17.5 Å². The summed E-state index contributed by atoms with van der Waals surface area (Å²) in [5.74, 6) is 0.898. The Morgan fingerprint density at radius 1 is 1.24 bits per heavy atom. The van der Waals surface area contributed by atoms with E-state index in [9.17, 15) is 10.1 Å². The fraction of sp³-hybridized carbons (Fsp3) is 0.280. The van der Waals surface area contributed by atoms with Crippen molar-refractivity contribution >= 4 is 45.0 Å². The van der Waals surface area contributed by atoms with E-state index in [2.05, 4.69) is 52.3 Å². The Bertz CT molecular complexity index is 1360. The Balaban J connectivity index is 1.24. The van der Waals surface area contributed by atoms with Crippen LogP contribution < -0.4 is 5.32 Å². The second-order valence-electron chi connectivity index (χ2n) is 8.29. The smallest absolute Gasteiger partial charge is 0.235 e. The first-order valence-corrected chi connectivity index (χ1v) is 12.7. The highest BCUT2D eigenvalue weighted by atomic mass is 32.2. The highest BCUT2D eigenvalue weighted by Crippen LogP contribution is 2.37. The van der Waals surface area contributed by atoms with Gasteiger partial charge in [0.2, 0.25) is 5.91 Å². The molecular formula is C25H23N5OS2. The zero-order valence-electron chi connectivity index (χ0n) is 18.5. The van der Waals surface area contributed by atoms with Crippen LogP contribution in [0.15, 0.2) is 35.5 Å². The molecule has 1 aliphatic rings. The summed E-state index contributed by atoms with van der Waals surface area (Å²) in [5, 5.41) is 14.0. The Morgan fingerprint density at radius 3 is 2.85 bits per heavy atom. The molecule has 1 amide bonds. The Hall–Kier alpha value is -3.15. The predicted octanol–water partition coefficient (Wildman–Crippen LogP) is 5.78. The number of amides is 1. The van der Waals surface area contributed by atoms with Gasteiger partial charge in [-0.05, 0) is 80.5 Å². The molecule has 0 saturated carbocycles. The number of fused-ring (bicyclic) bond motifs is 2. The normalized spacial score (nSPS) is 13.0. The van der Waals surface area contributed by atoms with Gasteiger partial charge in [0.15, 0.2) is 0 Å². The standard InChI is InChI=1S/C25H23N5OS2/c1-14-9-19-20(10-15(14)2)29-24(28-19)16-7-8-23(27-12-16)32-13-22(31)30-25-18(11-26)17-5-3-4-6-21(17)33-25/h7-10,12H,3-6,13H2,1-2H3,(H,28,29)(H,30,31). The molecule has 6 nitrogen and oxygen atoms in total. The summed E-state index contributed by atoms with van der Waals surface area (Å²) in [4.78, 5) is 26.3. The van der Waals surface area contributed by atoms with Gasteiger partial charge in [0, 0.05) is 16.6 Å². The number of anilines is 1. The zero-order chi connectivity index (χ0) is 22.9. The molecule has 0 aliphatic heterocycles. The van der Waals surface area contributed by atoms with Crippen LogP contribution in [0.3, 0.4) is 0 Å². The number of hydrogen-bond acceptors (Lipinski definition) is 6. The van der Waals surface area contributed by atoms with Crippen LogP contribution in [0.4, 0.5) is 5.00 Å². The van der Waals surface area contributed by atoms with Gasteiger partial charge in [-0.3, -0.25) is 4.79 Å². The minimum atomic E-state index is -0.121. The summed E-state index contributed by atoms with van der Waals surface area (Å²) in [6.45, 7) is 4.17. The summed E-state index contributed by atoms with van der Waals surface area (Å²) >= 11 is 2.93. The van der Waals surface area contributed by atoms with Crippen molar-refractivity contribution in [1.29, 1.82) is 5.26 Å². The lowest BCUT2D eigenvalue weighted by atomic mass is 9.96. The molecule has 0 spiro atoms. The molecule has 2 N–H and O–H groups in total. The monoisotopic (exact) mass is 473 g/mol. The molecule has 4 aromatic rings. The van der Waals surface area contributed by atoms with Gasteiger partial charge in [-0.15, -0.1) is 11.3 Å². The number of aromatic amines is 1. The van der Waals surface area contributed by atoms with Crippen molar-refractivity contribution in [2.75, 3.05) is 11.1 Å². The lowest BCUT2D eigenvalue weighted by Gasteiger charge is -2.09. The van der Waals surface area contributed by atoms with E-state index < -0.39 is 0 Å². The maximum absolute atomic E-state index is 12.5. The quantitative estimate of drug-likeness (QED) is 0.358. The van der Waals surface area contributed by atoms with Crippen LogP contribution in [0.5, 0.6) is 0 Å². The van der Waals surface area contributed by atoms with E-state index >= 15 is 0 Å². The third-order valence-corrected chi connectivity index (χ3v) is 8.15. The van der Waals surface area contributed by atoms with Crippen LogP contribution in [0.1, 0.15) is 40.0 Å². The number of carbonyl (C=O) groups excluding carboxylic acids is 1. The number of rotatable bonds is 5. The molecule has 1 aliphatic carbocycles. The highest BCUT2D eigenvalue weighted by molar-refractivity contribution is 7.99. The lowest BCUT2D eigenvalue weighted by Crippen LogP contribution is -2.14. The minimum absolute atomic E-state index is 0.121. The van der Waals surface area contributed by atoms with Crippen molar-refractivity contribution < 1.29 is 4.79 Å². The number of nitrogens with zero attached hydrogens (tertiary/aromatic N) is 3. The summed E-state index contributed by atoms with van der Waals surface area (Å²) in [6.07, 6.45) is 5.96. The van der Waals surface area contributed by atoms with Gasteiger partial charge in [-0.25, -0.2) is 9.97 Å². The number of thioether (sulfide) groups is 1. The number of pyridine rings is 1.